The zero-order valence-corrected chi connectivity index (χ0v) is 12.8. The van der Waals surface area contributed by atoms with Crippen LogP contribution < -0.4 is 5.32 Å². The van der Waals surface area contributed by atoms with Gasteiger partial charge in [0, 0.05) is 36.4 Å². The standard InChI is InChI=1S/C18H25N3/c1-21-16-3-2-4-17(21)11-15(10-16)20-12-13-5-6-14-7-8-19-18(14)9-13/h5-9,15-17,19-20H,2-4,10-12H2,1H3. The molecule has 1 aromatic heterocycles. The summed E-state index contributed by atoms with van der Waals surface area (Å²) in [6, 6.07) is 11.2. The van der Waals surface area contributed by atoms with Gasteiger partial charge in [0.05, 0.1) is 0 Å². The second-order valence-corrected chi connectivity index (χ2v) is 6.85. The van der Waals surface area contributed by atoms with E-state index in [1.165, 1.54) is 48.6 Å². The highest BCUT2D eigenvalue weighted by Gasteiger charge is 2.35. The molecule has 2 saturated heterocycles. The van der Waals surface area contributed by atoms with E-state index < -0.39 is 0 Å². The van der Waals surface area contributed by atoms with Gasteiger partial charge in [-0.05, 0) is 55.8 Å². The van der Waals surface area contributed by atoms with Crippen molar-refractivity contribution < 1.29 is 0 Å². The highest BCUT2D eigenvalue weighted by Crippen LogP contribution is 2.32. The van der Waals surface area contributed by atoms with Crippen LogP contribution in [0.2, 0.25) is 0 Å². The minimum absolute atomic E-state index is 0.691. The number of hydrogen-bond acceptors (Lipinski definition) is 2. The Kier molecular flexibility index (Phi) is 3.48. The normalized spacial score (nSPS) is 29.9. The quantitative estimate of drug-likeness (QED) is 0.906. The van der Waals surface area contributed by atoms with Crippen LogP contribution in [0.5, 0.6) is 0 Å². The van der Waals surface area contributed by atoms with Gasteiger partial charge in [-0.15, -0.1) is 0 Å². The van der Waals surface area contributed by atoms with Gasteiger partial charge in [0.15, 0.2) is 0 Å². The molecule has 3 nitrogen and oxygen atoms in total. The van der Waals surface area contributed by atoms with Gasteiger partial charge < -0.3 is 15.2 Å². The summed E-state index contributed by atoms with van der Waals surface area (Å²) in [5, 5.41) is 5.10. The van der Waals surface area contributed by atoms with Crippen LogP contribution in [0.15, 0.2) is 30.5 Å². The van der Waals surface area contributed by atoms with E-state index in [1.54, 1.807) is 0 Å². The van der Waals surface area contributed by atoms with E-state index in [9.17, 15) is 0 Å². The first-order valence-corrected chi connectivity index (χ1v) is 8.31. The fourth-order valence-electron chi connectivity index (χ4n) is 4.25. The van der Waals surface area contributed by atoms with Gasteiger partial charge in [-0.2, -0.15) is 0 Å². The van der Waals surface area contributed by atoms with Gasteiger partial charge in [0.1, 0.15) is 0 Å². The Balaban J connectivity index is 1.40. The maximum Gasteiger partial charge on any atom is 0.0457 e. The Morgan fingerprint density at radius 1 is 1.19 bits per heavy atom. The number of H-pyrrole nitrogens is 1. The minimum atomic E-state index is 0.691. The highest BCUT2D eigenvalue weighted by molar-refractivity contribution is 5.79. The molecular weight excluding hydrogens is 258 g/mol. The monoisotopic (exact) mass is 283 g/mol. The van der Waals surface area contributed by atoms with Crippen molar-refractivity contribution >= 4 is 10.9 Å². The molecule has 2 bridgehead atoms. The number of aromatic amines is 1. The Morgan fingerprint density at radius 2 is 2.00 bits per heavy atom. The minimum Gasteiger partial charge on any atom is -0.361 e. The van der Waals surface area contributed by atoms with Crippen LogP contribution in [-0.4, -0.2) is 35.1 Å². The van der Waals surface area contributed by atoms with Crippen LogP contribution >= 0.6 is 0 Å². The van der Waals surface area contributed by atoms with Crippen LogP contribution in [-0.2, 0) is 6.54 Å². The van der Waals surface area contributed by atoms with Crippen LogP contribution in [0.1, 0.15) is 37.7 Å². The van der Waals surface area contributed by atoms with Crippen molar-refractivity contribution in [3.63, 3.8) is 0 Å². The smallest absolute Gasteiger partial charge is 0.0457 e. The number of aromatic nitrogens is 1. The van der Waals surface area contributed by atoms with Crippen molar-refractivity contribution in [3.8, 4) is 0 Å². The molecule has 21 heavy (non-hydrogen) atoms. The second kappa shape index (κ2) is 5.47. The number of benzene rings is 1. The summed E-state index contributed by atoms with van der Waals surface area (Å²) in [6.07, 6.45) is 8.85. The Morgan fingerprint density at radius 3 is 2.81 bits per heavy atom. The molecule has 0 spiro atoms. The Bertz CT molecular complexity index is 604. The second-order valence-electron chi connectivity index (χ2n) is 6.85. The molecule has 0 saturated carbocycles. The van der Waals surface area contributed by atoms with Crippen LogP contribution in [0.25, 0.3) is 10.9 Å². The van der Waals surface area contributed by atoms with Gasteiger partial charge in [-0.1, -0.05) is 18.6 Å². The zero-order valence-electron chi connectivity index (χ0n) is 12.8. The highest BCUT2D eigenvalue weighted by atomic mass is 15.2. The number of fused-ring (bicyclic) bond motifs is 3. The summed E-state index contributed by atoms with van der Waals surface area (Å²) in [4.78, 5) is 5.93. The molecule has 4 rings (SSSR count). The number of piperidine rings is 2. The zero-order chi connectivity index (χ0) is 14.2. The van der Waals surface area contributed by atoms with Gasteiger partial charge >= 0.3 is 0 Å². The Labute approximate surface area is 126 Å². The van der Waals surface area contributed by atoms with E-state index in [2.05, 4.69) is 46.5 Å². The first-order chi connectivity index (χ1) is 10.3. The van der Waals surface area contributed by atoms with Crippen molar-refractivity contribution in [3.05, 3.63) is 36.0 Å². The maximum atomic E-state index is 3.80. The summed E-state index contributed by atoms with van der Waals surface area (Å²) >= 11 is 0. The summed E-state index contributed by atoms with van der Waals surface area (Å²) < 4.78 is 0. The van der Waals surface area contributed by atoms with Gasteiger partial charge in [0.25, 0.3) is 0 Å². The van der Waals surface area contributed by atoms with Gasteiger partial charge in [-0.25, -0.2) is 0 Å². The molecule has 2 atom stereocenters. The van der Waals surface area contributed by atoms with E-state index in [4.69, 9.17) is 0 Å². The number of rotatable bonds is 3. The van der Waals surface area contributed by atoms with Crippen molar-refractivity contribution in [2.24, 2.45) is 0 Å². The molecular formula is C18H25N3. The lowest BCUT2D eigenvalue weighted by Crippen LogP contribution is -2.54. The van der Waals surface area contributed by atoms with Crippen molar-refractivity contribution in [2.45, 2.75) is 56.8 Å². The third-order valence-corrected chi connectivity index (χ3v) is 5.55. The summed E-state index contributed by atoms with van der Waals surface area (Å²) in [7, 11) is 2.32. The summed E-state index contributed by atoms with van der Waals surface area (Å²) in [5.74, 6) is 0. The molecule has 2 aromatic rings. The number of hydrogen-bond donors (Lipinski definition) is 2. The largest absolute Gasteiger partial charge is 0.361 e. The lowest BCUT2D eigenvalue weighted by Gasteiger charge is -2.47. The fraction of sp³-hybridized carbons (Fsp3) is 0.556. The van der Waals surface area contributed by atoms with E-state index in [0.29, 0.717) is 6.04 Å². The first-order valence-electron chi connectivity index (χ1n) is 8.31. The predicted octanol–water partition coefficient (Wildman–Crippen LogP) is 3.27. The third kappa shape index (κ3) is 2.60. The number of nitrogens with one attached hydrogen (secondary N) is 2. The van der Waals surface area contributed by atoms with E-state index in [0.717, 1.165) is 18.6 Å². The molecule has 2 N–H and O–H groups in total. The van der Waals surface area contributed by atoms with E-state index >= 15 is 0 Å². The van der Waals surface area contributed by atoms with E-state index in [-0.39, 0.29) is 0 Å². The third-order valence-electron chi connectivity index (χ3n) is 5.55. The molecule has 1 aromatic carbocycles. The van der Waals surface area contributed by atoms with Crippen LogP contribution in [0.3, 0.4) is 0 Å². The molecule has 0 amide bonds. The Hall–Kier alpha value is -1.32. The van der Waals surface area contributed by atoms with Crippen molar-refractivity contribution in [2.75, 3.05) is 7.05 Å². The molecule has 2 aliphatic heterocycles. The van der Waals surface area contributed by atoms with Gasteiger partial charge in [-0.3, -0.25) is 0 Å². The maximum absolute atomic E-state index is 3.80. The molecule has 2 aliphatic rings. The molecule has 3 heterocycles. The SMILES string of the molecule is CN1C2CCCC1CC(NCc1ccc3cc[nH]c3c1)C2. The number of nitrogens with zero attached hydrogens (tertiary/aromatic N) is 1. The molecule has 112 valence electrons. The lowest BCUT2D eigenvalue weighted by atomic mass is 9.82. The van der Waals surface area contributed by atoms with E-state index in [1.807, 2.05) is 6.20 Å². The molecule has 3 heteroatoms. The summed E-state index contributed by atoms with van der Waals surface area (Å²) in [5.41, 5.74) is 2.63. The fourth-order valence-corrected chi connectivity index (χ4v) is 4.25. The molecule has 2 fully saturated rings. The lowest BCUT2D eigenvalue weighted by molar-refractivity contribution is 0.0482. The average molecular weight is 283 g/mol. The topological polar surface area (TPSA) is 31.1 Å². The van der Waals surface area contributed by atoms with Crippen LogP contribution in [0, 0.1) is 0 Å². The van der Waals surface area contributed by atoms with Crippen molar-refractivity contribution in [1.29, 1.82) is 0 Å². The first kappa shape index (κ1) is 13.4. The average Bonchev–Trinajstić information content (AvgIpc) is 2.93. The van der Waals surface area contributed by atoms with Gasteiger partial charge in [0.2, 0.25) is 0 Å². The molecule has 2 unspecified atom stereocenters. The van der Waals surface area contributed by atoms with Crippen molar-refractivity contribution in [1.82, 2.24) is 15.2 Å². The molecule has 0 radical (unpaired) electrons. The molecule has 0 aliphatic carbocycles. The predicted molar refractivity (Wildman–Crippen MR) is 87.4 cm³/mol. The summed E-state index contributed by atoms with van der Waals surface area (Å²) in [6.45, 7) is 0.989. The van der Waals surface area contributed by atoms with Crippen LogP contribution in [0.4, 0.5) is 0 Å².